The highest BCUT2D eigenvalue weighted by Gasteiger charge is 2.14. The standard InChI is InChI=1S/C12H11N3O4/c1-2-14-7-10(12(16)17)11(13-14)8-4-3-5-9(6-8)15(18)19/h3-7H,2H2,1H3,(H,16,17)/p-1. The number of nitrogens with zero attached hydrogens (tertiary/aromatic N) is 3. The van der Waals surface area contributed by atoms with Crippen molar-refractivity contribution in [2.45, 2.75) is 13.5 Å². The molecule has 0 aliphatic carbocycles. The Kier molecular flexibility index (Phi) is 3.28. The van der Waals surface area contributed by atoms with Gasteiger partial charge in [-0.3, -0.25) is 14.8 Å². The number of carboxylic acid groups (broad SMARTS) is 1. The Balaban J connectivity index is 2.57. The lowest BCUT2D eigenvalue weighted by atomic mass is 10.1. The fourth-order valence-corrected chi connectivity index (χ4v) is 1.71. The van der Waals surface area contributed by atoms with Crippen LogP contribution in [-0.2, 0) is 6.54 Å². The molecule has 0 unspecified atom stereocenters. The summed E-state index contributed by atoms with van der Waals surface area (Å²) >= 11 is 0. The molecular weight excluding hydrogens is 250 g/mol. The van der Waals surface area contributed by atoms with Crippen molar-refractivity contribution in [3.63, 3.8) is 0 Å². The lowest BCUT2D eigenvalue weighted by Crippen LogP contribution is -2.22. The fourth-order valence-electron chi connectivity index (χ4n) is 1.71. The second kappa shape index (κ2) is 4.89. The third-order valence-corrected chi connectivity index (χ3v) is 2.64. The number of carbonyl (C=O) groups is 1. The van der Waals surface area contributed by atoms with Crippen LogP contribution in [0.3, 0.4) is 0 Å². The van der Waals surface area contributed by atoms with Gasteiger partial charge in [-0.05, 0) is 6.92 Å². The molecule has 0 N–H and O–H groups in total. The minimum absolute atomic E-state index is 0.0812. The van der Waals surface area contributed by atoms with E-state index in [-0.39, 0.29) is 16.9 Å². The van der Waals surface area contributed by atoms with Crippen LogP contribution in [0.4, 0.5) is 5.69 Å². The summed E-state index contributed by atoms with van der Waals surface area (Å²) in [5, 5.41) is 25.9. The van der Waals surface area contributed by atoms with Crippen LogP contribution in [0.2, 0.25) is 0 Å². The number of benzene rings is 1. The summed E-state index contributed by atoms with van der Waals surface area (Å²) in [6.45, 7) is 2.30. The first-order chi connectivity index (χ1) is 9.02. The van der Waals surface area contributed by atoms with Gasteiger partial charge in [-0.2, -0.15) is 5.10 Å². The van der Waals surface area contributed by atoms with Crippen LogP contribution in [0.1, 0.15) is 17.3 Å². The van der Waals surface area contributed by atoms with Crippen molar-refractivity contribution in [2.24, 2.45) is 0 Å². The molecule has 0 fully saturated rings. The van der Waals surface area contributed by atoms with E-state index in [9.17, 15) is 20.0 Å². The molecule has 98 valence electrons. The lowest BCUT2D eigenvalue weighted by Gasteiger charge is -2.02. The van der Waals surface area contributed by atoms with Crippen molar-refractivity contribution in [3.05, 3.63) is 46.1 Å². The molecule has 0 radical (unpaired) electrons. The summed E-state index contributed by atoms with van der Waals surface area (Å²) < 4.78 is 1.44. The van der Waals surface area contributed by atoms with Crippen LogP contribution in [-0.4, -0.2) is 20.7 Å². The molecule has 1 aromatic heterocycles. The number of carboxylic acids is 1. The van der Waals surface area contributed by atoms with Gasteiger partial charge in [0.2, 0.25) is 0 Å². The van der Waals surface area contributed by atoms with E-state index in [4.69, 9.17) is 0 Å². The third-order valence-electron chi connectivity index (χ3n) is 2.64. The molecule has 2 rings (SSSR count). The zero-order valence-corrected chi connectivity index (χ0v) is 10.1. The summed E-state index contributed by atoms with van der Waals surface area (Å²) in [6, 6.07) is 5.67. The maximum atomic E-state index is 11.0. The molecule has 2 aromatic rings. The van der Waals surface area contributed by atoms with Crippen molar-refractivity contribution in [1.82, 2.24) is 9.78 Å². The normalized spacial score (nSPS) is 10.4. The first-order valence-corrected chi connectivity index (χ1v) is 5.56. The molecule has 0 spiro atoms. The Morgan fingerprint density at radius 3 is 2.79 bits per heavy atom. The zero-order chi connectivity index (χ0) is 14.0. The number of aryl methyl sites for hydroxylation is 1. The van der Waals surface area contributed by atoms with Crippen molar-refractivity contribution in [3.8, 4) is 11.3 Å². The van der Waals surface area contributed by atoms with Crippen molar-refractivity contribution >= 4 is 11.7 Å². The molecular formula is C12H10N3O4-. The maximum Gasteiger partial charge on any atom is 0.270 e. The molecule has 7 nitrogen and oxygen atoms in total. The van der Waals surface area contributed by atoms with E-state index in [0.717, 1.165) is 0 Å². The predicted octanol–water partition coefficient (Wildman–Crippen LogP) is 0.842. The monoisotopic (exact) mass is 260 g/mol. The van der Waals surface area contributed by atoms with E-state index in [0.29, 0.717) is 12.1 Å². The van der Waals surface area contributed by atoms with E-state index >= 15 is 0 Å². The largest absolute Gasteiger partial charge is 0.545 e. The number of rotatable bonds is 4. The number of nitro benzene ring substituents is 1. The molecule has 0 aliphatic rings. The first kappa shape index (κ1) is 12.7. The average molecular weight is 260 g/mol. The van der Waals surface area contributed by atoms with Gasteiger partial charge in [-0.1, -0.05) is 12.1 Å². The summed E-state index contributed by atoms with van der Waals surface area (Å²) in [6.07, 6.45) is 1.35. The van der Waals surface area contributed by atoms with E-state index in [2.05, 4.69) is 5.10 Å². The van der Waals surface area contributed by atoms with Gasteiger partial charge in [0.25, 0.3) is 5.69 Å². The minimum Gasteiger partial charge on any atom is -0.545 e. The molecule has 0 amide bonds. The Morgan fingerprint density at radius 2 is 2.21 bits per heavy atom. The molecule has 19 heavy (non-hydrogen) atoms. The summed E-state index contributed by atoms with van der Waals surface area (Å²) in [5.74, 6) is -1.36. The SMILES string of the molecule is CCn1cc(C(=O)[O-])c(-c2cccc([N+](=O)[O-])c2)n1. The van der Waals surface area contributed by atoms with Crippen LogP contribution < -0.4 is 5.11 Å². The summed E-state index contributed by atoms with van der Waals surface area (Å²) in [7, 11) is 0. The van der Waals surface area contributed by atoms with Crippen LogP contribution in [0, 0.1) is 10.1 Å². The fraction of sp³-hybridized carbons (Fsp3) is 0.167. The third kappa shape index (κ3) is 2.44. The zero-order valence-electron chi connectivity index (χ0n) is 10.1. The Bertz CT molecular complexity index is 648. The molecule has 0 atom stereocenters. The van der Waals surface area contributed by atoms with Gasteiger partial charge >= 0.3 is 0 Å². The number of carbonyl (C=O) groups excluding carboxylic acids is 1. The van der Waals surface area contributed by atoms with Crippen molar-refractivity contribution in [1.29, 1.82) is 0 Å². The van der Waals surface area contributed by atoms with E-state index < -0.39 is 10.9 Å². The predicted molar refractivity (Wildman–Crippen MR) is 64.3 cm³/mol. The Morgan fingerprint density at radius 1 is 1.47 bits per heavy atom. The van der Waals surface area contributed by atoms with Gasteiger partial charge in [0.1, 0.15) is 5.69 Å². The molecule has 0 saturated heterocycles. The lowest BCUT2D eigenvalue weighted by molar-refractivity contribution is -0.384. The maximum absolute atomic E-state index is 11.0. The number of hydrogen-bond acceptors (Lipinski definition) is 5. The van der Waals surface area contributed by atoms with Gasteiger partial charge in [0.15, 0.2) is 0 Å². The van der Waals surface area contributed by atoms with Crippen LogP contribution in [0.25, 0.3) is 11.3 Å². The molecule has 1 aromatic carbocycles. The van der Waals surface area contributed by atoms with E-state index in [1.54, 1.807) is 6.07 Å². The minimum atomic E-state index is -1.36. The average Bonchev–Trinajstić information content (AvgIpc) is 2.83. The van der Waals surface area contributed by atoms with Crippen LogP contribution >= 0.6 is 0 Å². The second-order valence-corrected chi connectivity index (χ2v) is 3.84. The first-order valence-electron chi connectivity index (χ1n) is 5.56. The summed E-state index contributed by atoms with van der Waals surface area (Å²) in [4.78, 5) is 21.2. The highest BCUT2D eigenvalue weighted by molar-refractivity contribution is 5.93. The van der Waals surface area contributed by atoms with Gasteiger partial charge in [0.05, 0.1) is 10.9 Å². The van der Waals surface area contributed by atoms with Gasteiger partial charge in [-0.15, -0.1) is 0 Å². The molecule has 7 heteroatoms. The van der Waals surface area contributed by atoms with Gasteiger partial charge < -0.3 is 9.90 Å². The van der Waals surface area contributed by atoms with Crippen molar-refractivity contribution in [2.75, 3.05) is 0 Å². The van der Waals surface area contributed by atoms with Crippen LogP contribution in [0.15, 0.2) is 30.5 Å². The smallest absolute Gasteiger partial charge is 0.270 e. The molecule has 0 bridgehead atoms. The van der Waals surface area contributed by atoms with E-state index in [1.807, 2.05) is 6.92 Å². The molecule has 0 saturated carbocycles. The highest BCUT2D eigenvalue weighted by atomic mass is 16.6. The van der Waals surface area contributed by atoms with Gasteiger partial charge in [-0.25, -0.2) is 0 Å². The Labute approximate surface area is 108 Å². The number of non-ortho nitro benzene ring substituents is 1. The Hall–Kier alpha value is -2.70. The van der Waals surface area contributed by atoms with E-state index in [1.165, 1.54) is 29.1 Å². The number of aromatic nitrogens is 2. The van der Waals surface area contributed by atoms with Crippen molar-refractivity contribution < 1.29 is 14.8 Å². The van der Waals surface area contributed by atoms with Crippen LogP contribution in [0.5, 0.6) is 0 Å². The topological polar surface area (TPSA) is 101 Å². The number of nitro groups is 1. The highest BCUT2D eigenvalue weighted by Crippen LogP contribution is 2.25. The number of hydrogen-bond donors (Lipinski definition) is 0. The number of aromatic carboxylic acids is 1. The molecule has 0 aliphatic heterocycles. The molecule has 1 heterocycles. The second-order valence-electron chi connectivity index (χ2n) is 3.84. The quantitative estimate of drug-likeness (QED) is 0.598. The van der Waals surface area contributed by atoms with Gasteiger partial charge in [0, 0.05) is 36.0 Å². The summed E-state index contributed by atoms with van der Waals surface area (Å²) in [5.41, 5.74) is 0.348.